The van der Waals surface area contributed by atoms with E-state index in [1.54, 1.807) is 11.3 Å². The first-order valence-corrected chi connectivity index (χ1v) is 8.24. The molecule has 0 aliphatic carbocycles. The molecule has 0 aliphatic heterocycles. The number of rotatable bonds is 7. The van der Waals surface area contributed by atoms with Crippen molar-refractivity contribution in [2.75, 3.05) is 5.32 Å². The van der Waals surface area contributed by atoms with E-state index in [1.165, 1.54) is 18.4 Å². The van der Waals surface area contributed by atoms with E-state index in [-0.39, 0.29) is 5.91 Å². The molecule has 1 aromatic carbocycles. The second kappa shape index (κ2) is 7.39. The Kier molecular flexibility index (Phi) is 5.53. The molecule has 0 saturated carbocycles. The molecule has 20 heavy (non-hydrogen) atoms. The van der Waals surface area contributed by atoms with Crippen molar-refractivity contribution in [2.45, 2.75) is 52.4 Å². The maximum absolute atomic E-state index is 11.8. The molecule has 4 heteroatoms. The van der Waals surface area contributed by atoms with Crippen LogP contribution in [-0.4, -0.2) is 10.9 Å². The van der Waals surface area contributed by atoms with Gasteiger partial charge in [-0.1, -0.05) is 50.5 Å². The minimum Gasteiger partial charge on any atom is -0.302 e. The third-order valence-electron chi connectivity index (χ3n) is 3.36. The molecule has 0 radical (unpaired) electrons. The summed E-state index contributed by atoms with van der Waals surface area (Å²) in [6.45, 7) is 4.31. The number of hydrogen-bond acceptors (Lipinski definition) is 3. The van der Waals surface area contributed by atoms with Crippen molar-refractivity contribution < 1.29 is 4.79 Å². The molecule has 0 spiro atoms. The van der Waals surface area contributed by atoms with Crippen molar-refractivity contribution in [1.29, 1.82) is 0 Å². The van der Waals surface area contributed by atoms with Gasteiger partial charge in [-0.25, -0.2) is 4.98 Å². The van der Waals surface area contributed by atoms with Crippen LogP contribution in [0, 0.1) is 0 Å². The predicted molar refractivity (Wildman–Crippen MR) is 86.4 cm³/mol. The minimum absolute atomic E-state index is 0.0795. The Morgan fingerprint density at radius 2 is 2.10 bits per heavy atom. The van der Waals surface area contributed by atoms with E-state index in [2.05, 4.69) is 36.3 Å². The first kappa shape index (κ1) is 15.0. The van der Waals surface area contributed by atoms with Gasteiger partial charge in [0.2, 0.25) is 5.91 Å². The van der Waals surface area contributed by atoms with Crippen LogP contribution >= 0.6 is 11.3 Å². The Morgan fingerprint density at radius 1 is 1.25 bits per heavy atom. The number of thiazole rings is 1. The van der Waals surface area contributed by atoms with E-state index < -0.39 is 0 Å². The minimum atomic E-state index is 0.0795. The van der Waals surface area contributed by atoms with Crippen LogP contribution in [0.2, 0.25) is 0 Å². The molecule has 2 aromatic rings. The number of hydrogen-bond donors (Lipinski definition) is 1. The number of fused-ring (bicyclic) bond motifs is 1. The second-order valence-corrected chi connectivity index (χ2v) is 6.06. The number of aromatic nitrogens is 1. The quantitative estimate of drug-likeness (QED) is 0.746. The molecular weight excluding hydrogens is 268 g/mol. The Labute approximate surface area is 124 Å². The topological polar surface area (TPSA) is 42.0 Å². The van der Waals surface area contributed by atoms with Crippen LogP contribution < -0.4 is 5.32 Å². The van der Waals surface area contributed by atoms with E-state index >= 15 is 0 Å². The normalized spacial score (nSPS) is 10.9. The van der Waals surface area contributed by atoms with Crippen molar-refractivity contribution in [3.63, 3.8) is 0 Å². The van der Waals surface area contributed by atoms with Crippen LogP contribution in [0.4, 0.5) is 5.13 Å². The number of unbranched alkanes of at least 4 members (excludes halogenated alkanes) is 3. The van der Waals surface area contributed by atoms with Crippen LogP contribution in [-0.2, 0) is 11.2 Å². The molecule has 1 amide bonds. The maximum Gasteiger partial charge on any atom is 0.226 e. The van der Waals surface area contributed by atoms with E-state index in [9.17, 15) is 4.79 Å². The van der Waals surface area contributed by atoms with Gasteiger partial charge in [-0.2, -0.15) is 0 Å². The summed E-state index contributed by atoms with van der Waals surface area (Å²) in [4.78, 5) is 16.3. The molecule has 0 fully saturated rings. The molecule has 0 saturated heterocycles. The van der Waals surface area contributed by atoms with Crippen molar-refractivity contribution in [3.05, 3.63) is 23.8 Å². The summed E-state index contributed by atoms with van der Waals surface area (Å²) in [6.07, 6.45) is 6.10. The highest BCUT2D eigenvalue weighted by Crippen LogP contribution is 2.27. The van der Waals surface area contributed by atoms with Crippen LogP contribution in [0.3, 0.4) is 0 Å². The van der Waals surface area contributed by atoms with Crippen molar-refractivity contribution in [2.24, 2.45) is 0 Å². The van der Waals surface area contributed by atoms with Crippen molar-refractivity contribution >= 4 is 32.6 Å². The van der Waals surface area contributed by atoms with Gasteiger partial charge in [-0.15, -0.1) is 0 Å². The molecule has 1 N–H and O–H groups in total. The standard InChI is InChI=1S/C16H22N2OS/c1-3-5-6-7-8-15(19)18-16-17-13-10-9-12(4-2)11-14(13)20-16/h9-11H,3-8H2,1-2H3,(H,17,18,19). The van der Waals surface area contributed by atoms with E-state index in [1.807, 2.05) is 6.07 Å². The number of carbonyl (C=O) groups excluding carboxylic acids is 1. The highest BCUT2D eigenvalue weighted by Gasteiger charge is 2.08. The molecule has 0 bridgehead atoms. The van der Waals surface area contributed by atoms with Gasteiger partial charge in [-0.05, 0) is 30.5 Å². The van der Waals surface area contributed by atoms with Crippen LogP contribution in [0.5, 0.6) is 0 Å². The predicted octanol–water partition coefficient (Wildman–Crippen LogP) is 4.77. The zero-order chi connectivity index (χ0) is 14.4. The van der Waals surface area contributed by atoms with E-state index in [4.69, 9.17) is 0 Å². The lowest BCUT2D eigenvalue weighted by atomic mass is 10.1. The number of nitrogens with zero attached hydrogens (tertiary/aromatic N) is 1. The van der Waals surface area contributed by atoms with Gasteiger partial charge in [0, 0.05) is 6.42 Å². The Hall–Kier alpha value is -1.42. The van der Waals surface area contributed by atoms with Gasteiger partial charge < -0.3 is 5.32 Å². The van der Waals surface area contributed by atoms with Gasteiger partial charge in [0.1, 0.15) is 0 Å². The van der Waals surface area contributed by atoms with Gasteiger partial charge in [-0.3, -0.25) is 4.79 Å². The lowest BCUT2D eigenvalue weighted by Crippen LogP contribution is -2.10. The zero-order valence-electron chi connectivity index (χ0n) is 12.2. The lowest BCUT2D eigenvalue weighted by molar-refractivity contribution is -0.116. The molecule has 0 unspecified atom stereocenters. The molecular formula is C16H22N2OS. The summed E-state index contributed by atoms with van der Waals surface area (Å²) in [5.74, 6) is 0.0795. The van der Waals surface area contributed by atoms with Gasteiger partial charge in [0.05, 0.1) is 10.2 Å². The van der Waals surface area contributed by atoms with Crippen LogP contribution in [0.25, 0.3) is 10.2 Å². The van der Waals surface area contributed by atoms with E-state index in [0.717, 1.165) is 29.5 Å². The molecule has 0 aliphatic rings. The highest BCUT2D eigenvalue weighted by atomic mass is 32.1. The first-order chi connectivity index (χ1) is 9.72. The average Bonchev–Trinajstić information content (AvgIpc) is 2.84. The monoisotopic (exact) mass is 290 g/mol. The Balaban J connectivity index is 1.94. The first-order valence-electron chi connectivity index (χ1n) is 7.42. The SMILES string of the molecule is CCCCCCC(=O)Nc1nc2ccc(CC)cc2s1. The molecule has 3 nitrogen and oxygen atoms in total. The Bertz CT molecular complexity index is 577. The average molecular weight is 290 g/mol. The molecule has 1 heterocycles. The lowest BCUT2D eigenvalue weighted by Gasteiger charge is -2.00. The maximum atomic E-state index is 11.8. The highest BCUT2D eigenvalue weighted by molar-refractivity contribution is 7.22. The second-order valence-electron chi connectivity index (χ2n) is 5.03. The number of aryl methyl sites for hydroxylation is 1. The number of amides is 1. The number of benzene rings is 1. The number of carbonyl (C=O) groups is 1. The summed E-state index contributed by atoms with van der Waals surface area (Å²) in [6, 6.07) is 6.28. The third-order valence-corrected chi connectivity index (χ3v) is 4.30. The van der Waals surface area contributed by atoms with Crippen molar-refractivity contribution in [3.8, 4) is 0 Å². The molecule has 1 aromatic heterocycles. The van der Waals surface area contributed by atoms with Gasteiger partial charge in [0.25, 0.3) is 0 Å². The summed E-state index contributed by atoms with van der Waals surface area (Å²) >= 11 is 1.56. The number of nitrogens with one attached hydrogen (secondary N) is 1. The Morgan fingerprint density at radius 3 is 2.85 bits per heavy atom. The number of anilines is 1. The fourth-order valence-corrected chi connectivity index (χ4v) is 3.08. The molecule has 2 rings (SSSR count). The zero-order valence-corrected chi connectivity index (χ0v) is 13.1. The summed E-state index contributed by atoms with van der Waals surface area (Å²) in [7, 11) is 0. The van der Waals surface area contributed by atoms with Crippen LogP contribution in [0.15, 0.2) is 18.2 Å². The van der Waals surface area contributed by atoms with E-state index in [0.29, 0.717) is 11.6 Å². The fourth-order valence-electron chi connectivity index (χ4n) is 2.14. The van der Waals surface area contributed by atoms with Crippen molar-refractivity contribution in [1.82, 2.24) is 4.98 Å². The third kappa shape index (κ3) is 4.04. The molecule has 0 atom stereocenters. The van der Waals surface area contributed by atoms with Crippen LogP contribution in [0.1, 0.15) is 51.5 Å². The smallest absolute Gasteiger partial charge is 0.226 e. The van der Waals surface area contributed by atoms with Gasteiger partial charge >= 0.3 is 0 Å². The largest absolute Gasteiger partial charge is 0.302 e. The fraction of sp³-hybridized carbons (Fsp3) is 0.500. The summed E-state index contributed by atoms with van der Waals surface area (Å²) in [5.41, 5.74) is 2.27. The summed E-state index contributed by atoms with van der Waals surface area (Å²) < 4.78 is 1.14. The molecule has 108 valence electrons. The van der Waals surface area contributed by atoms with Gasteiger partial charge in [0.15, 0.2) is 5.13 Å². The summed E-state index contributed by atoms with van der Waals surface area (Å²) in [5, 5.41) is 3.63.